The quantitative estimate of drug-likeness (QED) is 0.261. The Morgan fingerprint density at radius 3 is 1.00 bits per heavy atom. The summed E-state index contributed by atoms with van der Waals surface area (Å²) in [6.07, 6.45) is 0. The van der Waals surface area contributed by atoms with E-state index in [0.717, 1.165) is 0 Å². The van der Waals surface area contributed by atoms with Crippen molar-refractivity contribution < 1.29 is 76.4 Å². The molecule has 0 aliphatic carbocycles. The van der Waals surface area contributed by atoms with Crippen molar-refractivity contribution in [2.45, 2.75) is 0 Å². The van der Waals surface area contributed by atoms with Crippen molar-refractivity contribution in [3.8, 4) is 0 Å². The monoisotopic (exact) mass is 368 g/mol. The average Bonchev–Trinajstić information content (AvgIpc) is 1.57. The molecule has 0 spiro atoms. The average molecular weight is 368 g/mol. The fourth-order valence-electron chi connectivity index (χ4n) is 0.0680. The second-order valence-electron chi connectivity index (χ2n) is 0.953. The maximum Gasteiger partial charge on any atom is 0.246 e. The van der Waals surface area contributed by atoms with Crippen molar-refractivity contribution in [1.29, 1.82) is 0 Å². The third kappa shape index (κ3) is 24.6. The van der Waals surface area contributed by atoms with Gasteiger partial charge in [0, 0.05) is 41.7 Å². The summed E-state index contributed by atoms with van der Waals surface area (Å²) in [4.78, 5) is 0. The summed E-state index contributed by atoms with van der Waals surface area (Å²) >= 11 is 0. The molecule has 0 fully saturated rings. The molecule has 0 aromatic rings. The van der Waals surface area contributed by atoms with Crippen LogP contribution in [0, 0.1) is 41.7 Å². The van der Waals surface area contributed by atoms with Crippen LogP contribution in [0.1, 0.15) is 0 Å². The summed E-state index contributed by atoms with van der Waals surface area (Å²) in [5.41, 5.74) is 0. The maximum absolute atomic E-state index is 9.37. The van der Waals surface area contributed by atoms with Crippen LogP contribution in [0.5, 0.6) is 0 Å². The Bertz CT molecular complexity index is 256. The van der Waals surface area contributed by atoms with Gasteiger partial charge in [-0.15, -0.1) is 8.67 Å². The smallest absolute Gasteiger partial charge is 0.246 e. The van der Waals surface area contributed by atoms with Crippen molar-refractivity contribution in [3.63, 3.8) is 0 Å². The van der Waals surface area contributed by atoms with E-state index in [1.165, 1.54) is 0 Å². The van der Waals surface area contributed by atoms with Crippen molar-refractivity contribution in [3.05, 3.63) is 0 Å². The van der Waals surface area contributed by atoms with Crippen LogP contribution in [0.4, 0.5) is 0 Å². The summed E-state index contributed by atoms with van der Waals surface area (Å²) < 4.78 is 61.5. The van der Waals surface area contributed by atoms with Crippen molar-refractivity contribution in [2.24, 2.45) is 0 Å². The summed E-state index contributed by atoms with van der Waals surface area (Å²) in [5.74, 6) is 0. The number of hydrogen-bond acceptors (Lipinski definition) is 8. The zero-order valence-corrected chi connectivity index (χ0v) is 11.4. The first kappa shape index (κ1) is 23.7. The van der Waals surface area contributed by atoms with E-state index >= 15 is 0 Å². The second kappa shape index (κ2) is 8.35. The molecule has 0 bridgehead atoms. The third-order valence-corrected chi connectivity index (χ3v) is 0.750. The van der Waals surface area contributed by atoms with E-state index in [0.29, 0.717) is 0 Å². The van der Waals surface area contributed by atoms with Crippen LogP contribution >= 0.6 is 0 Å². The van der Waals surface area contributed by atoms with Crippen LogP contribution in [0.3, 0.4) is 0 Å². The van der Waals surface area contributed by atoms with Crippen LogP contribution in [-0.2, 0) is 29.5 Å². The van der Waals surface area contributed by atoms with E-state index < -0.39 is 20.8 Å². The summed E-state index contributed by atoms with van der Waals surface area (Å²) in [6, 6.07) is 0. The molecule has 10 nitrogen and oxygen atoms in total. The zero-order chi connectivity index (χ0) is 8.41. The molecule has 13 heteroatoms. The SMILES string of the molecule is O=S(=O)([O-])OOS(=O)(=O)[O-].[Ce].[NH4+].[NH4+]. The molecule has 0 aromatic carbocycles. The molecule has 0 saturated heterocycles. The van der Waals surface area contributed by atoms with E-state index in [2.05, 4.69) is 8.67 Å². The van der Waals surface area contributed by atoms with Crippen molar-refractivity contribution >= 4 is 20.8 Å². The number of hydrogen-bond donors (Lipinski definition) is 2. The van der Waals surface area contributed by atoms with E-state index in [1.54, 1.807) is 0 Å². The topological polar surface area (TPSA) is 206 Å². The molecule has 0 aliphatic heterocycles. The minimum Gasteiger partial charge on any atom is -0.724 e. The molecule has 0 unspecified atom stereocenters. The summed E-state index contributed by atoms with van der Waals surface area (Å²) in [6.45, 7) is 0. The molecule has 0 rings (SSSR count). The third-order valence-electron chi connectivity index (χ3n) is 0.194. The molecule has 0 aliphatic rings. The summed E-state index contributed by atoms with van der Waals surface area (Å²) in [7, 11) is -10.6. The normalized spacial score (nSPS) is 10.3. The van der Waals surface area contributed by atoms with E-state index in [1.807, 2.05) is 0 Å². The molecular weight excluding hydrogens is 360 g/mol. The van der Waals surface area contributed by atoms with Crippen LogP contribution in [-0.4, -0.2) is 25.9 Å². The minimum absolute atomic E-state index is 0. The van der Waals surface area contributed by atoms with Gasteiger partial charge in [-0.3, -0.25) is 0 Å². The van der Waals surface area contributed by atoms with Gasteiger partial charge in [-0.05, 0) is 0 Å². The Balaban J connectivity index is -0.000000135. The van der Waals surface area contributed by atoms with Gasteiger partial charge in [-0.25, -0.2) is 16.8 Å². The van der Waals surface area contributed by atoms with Crippen LogP contribution in [0.2, 0.25) is 0 Å². The van der Waals surface area contributed by atoms with Gasteiger partial charge in [0.05, 0.1) is 0 Å². The van der Waals surface area contributed by atoms with E-state index in [-0.39, 0.29) is 54.0 Å². The van der Waals surface area contributed by atoms with Crippen molar-refractivity contribution in [2.75, 3.05) is 0 Å². The Hall–Kier alpha value is 1.04. The maximum atomic E-state index is 9.37. The van der Waals surface area contributed by atoms with Gasteiger partial charge in [-0.2, -0.15) is 0 Å². The first-order valence-corrected chi connectivity index (χ1v) is 4.17. The van der Waals surface area contributed by atoms with Crippen LogP contribution in [0.25, 0.3) is 0 Å². The van der Waals surface area contributed by atoms with Crippen LogP contribution < -0.4 is 12.3 Å². The summed E-state index contributed by atoms with van der Waals surface area (Å²) in [5, 5.41) is 0. The largest absolute Gasteiger partial charge is 0.724 e. The van der Waals surface area contributed by atoms with Gasteiger partial charge >= 0.3 is 0 Å². The Morgan fingerprint density at radius 2 is 0.923 bits per heavy atom. The van der Waals surface area contributed by atoms with Gasteiger partial charge in [-0.1, -0.05) is 0 Å². The van der Waals surface area contributed by atoms with Crippen molar-refractivity contribution in [1.82, 2.24) is 12.3 Å². The zero-order valence-electron chi connectivity index (χ0n) is 6.58. The van der Waals surface area contributed by atoms with Gasteiger partial charge < -0.3 is 21.4 Å². The number of rotatable bonds is 3. The molecule has 0 amide bonds. The predicted molar refractivity (Wildman–Crippen MR) is 33.5 cm³/mol. The fourth-order valence-corrected chi connectivity index (χ4v) is 0.612. The standard InChI is InChI=1S/Ce.2H3N.H2O8S2/c;;;1-9(2,3)7-8-10(4,5)6/h;2*1H3;(H,1,2,3)(H,4,5,6). The Labute approximate surface area is 108 Å². The molecule has 0 radical (unpaired) electrons. The first-order valence-electron chi connectivity index (χ1n) is 1.50. The minimum atomic E-state index is -5.31. The van der Waals surface area contributed by atoms with Gasteiger partial charge in [0.1, 0.15) is 0 Å². The van der Waals surface area contributed by atoms with Crippen LogP contribution in [0.15, 0.2) is 0 Å². The van der Waals surface area contributed by atoms with Gasteiger partial charge in [0.15, 0.2) is 0 Å². The fraction of sp³-hybridized carbons (Fsp3) is 0. The molecule has 0 saturated carbocycles. The molecule has 8 N–H and O–H groups in total. The molecule has 0 heterocycles. The molecule has 82 valence electrons. The Kier molecular flexibility index (Phi) is 15.2. The van der Waals surface area contributed by atoms with Gasteiger partial charge in [0.25, 0.3) is 0 Å². The molecular formula is H8CeN2O8S2. The Morgan fingerprint density at radius 1 is 0.769 bits per heavy atom. The molecule has 13 heavy (non-hydrogen) atoms. The number of quaternary nitrogens is 2. The predicted octanol–water partition coefficient (Wildman–Crippen LogP) is -1.39. The first-order chi connectivity index (χ1) is 4.21. The second-order valence-corrected chi connectivity index (χ2v) is 2.86. The van der Waals surface area contributed by atoms with Gasteiger partial charge in [0.2, 0.25) is 20.8 Å². The van der Waals surface area contributed by atoms with E-state index in [4.69, 9.17) is 0 Å². The molecule has 0 atom stereocenters. The van der Waals surface area contributed by atoms with E-state index in [9.17, 15) is 25.9 Å². The molecule has 0 aromatic heterocycles.